The number of aliphatic carboxylic acids is 1. The molecule has 0 fully saturated rings. The van der Waals surface area contributed by atoms with Crippen LogP contribution in [0.2, 0.25) is 0 Å². The Morgan fingerprint density at radius 3 is 3.00 bits per heavy atom. The quantitative estimate of drug-likeness (QED) is 0.812. The van der Waals surface area contributed by atoms with Gasteiger partial charge in [-0.1, -0.05) is 0 Å². The van der Waals surface area contributed by atoms with E-state index in [0.717, 1.165) is 31.5 Å². The van der Waals surface area contributed by atoms with E-state index in [1.54, 1.807) is 6.92 Å². The molecule has 0 aliphatic carbocycles. The van der Waals surface area contributed by atoms with Gasteiger partial charge in [-0.05, 0) is 26.2 Å². The van der Waals surface area contributed by atoms with Crippen LogP contribution < -0.4 is 0 Å². The van der Waals surface area contributed by atoms with E-state index >= 15 is 0 Å². The number of carboxylic acid groups (broad SMARTS) is 1. The van der Waals surface area contributed by atoms with Crippen molar-refractivity contribution in [1.82, 2.24) is 9.55 Å². The lowest BCUT2D eigenvalue weighted by Crippen LogP contribution is -2.18. The maximum atomic E-state index is 10.9. The largest absolute Gasteiger partial charge is 0.481 e. The number of imidazole rings is 1. The predicted octanol–water partition coefficient (Wildman–Crippen LogP) is 1.28. The second-order valence-electron chi connectivity index (χ2n) is 4.05. The monoisotopic (exact) mass is 219 g/mol. The van der Waals surface area contributed by atoms with Crippen LogP contribution in [0.5, 0.6) is 0 Å². The Kier molecular flexibility index (Phi) is 2.65. The fourth-order valence-corrected chi connectivity index (χ4v) is 2.10. The fraction of sp³-hybridized carbons (Fsp3) is 0.545. The van der Waals surface area contributed by atoms with Crippen molar-refractivity contribution < 1.29 is 9.90 Å². The zero-order valence-electron chi connectivity index (χ0n) is 9.10. The van der Waals surface area contributed by atoms with Crippen LogP contribution in [0.3, 0.4) is 0 Å². The smallest absolute Gasteiger partial charge is 0.313 e. The minimum absolute atomic E-state index is 0.391. The van der Waals surface area contributed by atoms with Gasteiger partial charge in [0.25, 0.3) is 0 Å². The average molecular weight is 219 g/mol. The highest BCUT2D eigenvalue weighted by atomic mass is 16.4. The van der Waals surface area contributed by atoms with E-state index in [9.17, 15) is 4.79 Å². The number of nitriles is 1. The first-order chi connectivity index (χ1) is 7.65. The highest BCUT2D eigenvalue weighted by Gasteiger charge is 2.26. The zero-order chi connectivity index (χ0) is 11.7. The van der Waals surface area contributed by atoms with Crippen molar-refractivity contribution in [3.05, 3.63) is 17.2 Å². The molecule has 1 aromatic heterocycles. The van der Waals surface area contributed by atoms with Gasteiger partial charge in [-0.3, -0.25) is 4.79 Å². The molecular formula is C11H13N3O2. The summed E-state index contributed by atoms with van der Waals surface area (Å²) in [5, 5.41) is 17.9. The summed E-state index contributed by atoms with van der Waals surface area (Å²) in [5.74, 6) is -1.04. The molecule has 1 aliphatic heterocycles. The van der Waals surface area contributed by atoms with Crippen molar-refractivity contribution in [1.29, 1.82) is 5.26 Å². The van der Waals surface area contributed by atoms with Gasteiger partial charge in [0.1, 0.15) is 17.8 Å². The van der Waals surface area contributed by atoms with E-state index in [2.05, 4.69) is 4.98 Å². The number of carboxylic acids is 1. The van der Waals surface area contributed by atoms with Crippen molar-refractivity contribution in [3.63, 3.8) is 0 Å². The third kappa shape index (κ3) is 1.56. The molecule has 84 valence electrons. The fourth-order valence-electron chi connectivity index (χ4n) is 2.10. The standard InChI is InChI=1S/C11H13N3O2/c1-7(11(15)16)10-13-8(6-12)9-4-2-3-5-14(9)10/h7H,2-5H2,1H3,(H,15,16). The van der Waals surface area contributed by atoms with E-state index < -0.39 is 11.9 Å². The first kappa shape index (κ1) is 10.7. The van der Waals surface area contributed by atoms with E-state index in [1.165, 1.54) is 0 Å². The van der Waals surface area contributed by atoms with Gasteiger partial charge < -0.3 is 9.67 Å². The first-order valence-corrected chi connectivity index (χ1v) is 5.37. The molecule has 0 spiro atoms. The minimum atomic E-state index is -0.900. The van der Waals surface area contributed by atoms with Gasteiger partial charge >= 0.3 is 5.97 Å². The number of fused-ring (bicyclic) bond motifs is 1. The van der Waals surface area contributed by atoms with E-state index in [0.29, 0.717) is 11.5 Å². The Morgan fingerprint density at radius 1 is 1.62 bits per heavy atom. The third-order valence-electron chi connectivity index (χ3n) is 3.01. The van der Waals surface area contributed by atoms with Gasteiger partial charge in [-0.25, -0.2) is 4.98 Å². The number of rotatable bonds is 2. The lowest BCUT2D eigenvalue weighted by Gasteiger charge is -2.17. The Balaban J connectivity index is 2.51. The SMILES string of the molecule is CC(C(=O)O)c1nc(C#N)c2n1CCCC2. The summed E-state index contributed by atoms with van der Waals surface area (Å²) in [7, 11) is 0. The van der Waals surface area contributed by atoms with Crippen molar-refractivity contribution in [3.8, 4) is 6.07 Å². The molecule has 0 saturated carbocycles. The summed E-state index contributed by atoms with van der Waals surface area (Å²) in [4.78, 5) is 15.1. The molecule has 1 aromatic rings. The molecule has 0 saturated heterocycles. The highest BCUT2D eigenvalue weighted by molar-refractivity contribution is 5.74. The maximum absolute atomic E-state index is 10.9. The van der Waals surface area contributed by atoms with Crippen molar-refractivity contribution in [2.45, 2.75) is 38.6 Å². The molecule has 0 radical (unpaired) electrons. The van der Waals surface area contributed by atoms with Crippen LogP contribution in [0.15, 0.2) is 0 Å². The molecule has 1 unspecified atom stereocenters. The second kappa shape index (κ2) is 3.97. The Labute approximate surface area is 93.3 Å². The van der Waals surface area contributed by atoms with Crippen LogP contribution in [-0.4, -0.2) is 20.6 Å². The van der Waals surface area contributed by atoms with E-state index in [4.69, 9.17) is 10.4 Å². The summed E-state index contributed by atoms with van der Waals surface area (Å²) in [6.45, 7) is 2.38. The average Bonchev–Trinajstić information content (AvgIpc) is 2.66. The highest BCUT2D eigenvalue weighted by Crippen LogP contribution is 2.24. The van der Waals surface area contributed by atoms with Crippen LogP contribution in [-0.2, 0) is 17.8 Å². The summed E-state index contributed by atoms with van der Waals surface area (Å²) >= 11 is 0. The topological polar surface area (TPSA) is 78.9 Å². The first-order valence-electron chi connectivity index (χ1n) is 5.37. The molecule has 5 heteroatoms. The van der Waals surface area contributed by atoms with E-state index in [1.807, 2.05) is 10.6 Å². The normalized spacial score (nSPS) is 16.2. The molecule has 0 aromatic carbocycles. The molecule has 1 atom stereocenters. The number of hydrogen-bond donors (Lipinski definition) is 1. The van der Waals surface area contributed by atoms with Gasteiger partial charge in [-0.2, -0.15) is 5.26 Å². The Morgan fingerprint density at radius 2 is 2.38 bits per heavy atom. The molecular weight excluding hydrogens is 206 g/mol. The number of hydrogen-bond acceptors (Lipinski definition) is 3. The molecule has 1 aliphatic rings. The predicted molar refractivity (Wildman–Crippen MR) is 55.9 cm³/mol. The Hall–Kier alpha value is -1.83. The van der Waals surface area contributed by atoms with Crippen LogP contribution in [0, 0.1) is 11.3 Å². The van der Waals surface area contributed by atoms with Gasteiger partial charge in [-0.15, -0.1) is 0 Å². The summed E-state index contributed by atoms with van der Waals surface area (Å²) < 4.78 is 1.90. The molecule has 0 amide bonds. The molecule has 0 bridgehead atoms. The van der Waals surface area contributed by atoms with Gasteiger partial charge in [0.05, 0.1) is 5.69 Å². The van der Waals surface area contributed by atoms with Gasteiger partial charge in [0, 0.05) is 6.54 Å². The summed E-state index contributed by atoms with van der Waals surface area (Å²) in [6, 6.07) is 2.04. The molecule has 16 heavy (non-hydrogen) atoms. The van der Waals surface area contributed by atoms with Crippen LogP contribution in [0.25, 0.3) is 0 Å². The summed E-state index contributed by atoms with van der Waals surface area (Å²) in [5.41, 5.74) is 1.29. The third-order valence-corrected chi connectivity index (χ3v) is 3.01. The summed E-state index contributed by atoms with van der Waals surface area (Å²) in [6.07, 6.45) is 2.89. The zero-order valence-corrected chi connectivity index (χ0v) is 9.10. The van der Waals surface area contributed by atoms with E-state index in [-0.39, 0.29) is 0 Å². The van der Waals surface area contributed by atoms with Gasteiger partial charge in [0.2, 0.25) is 0 Å². The number of aromatic nitrogens is 2. The van der Waals surface area contributed by atoms with Crippen LogP contribution in [0.4, 0.5) is 0 Å². The lowest BCUT2D eigenvalue weighted by molar-refractivity contribution is -0.138. The van der Waals surface area contributed by atoms with Crippen molar-refractivity contribution in [2.75, 3.05) is 0 Å². The molecule has 2 rings (SSSR count). The van der Waals surface area contributed by atoms with Crippen molar-refractivity contribution >= 4 is 5.97 Å². The van der Waals surface area contributed by atoms with Crippen LogP contribution >= 0.6 is 0 Å². The van der Waals surface area contributed by atoms with Crippen LogP contribution in [0.1, 0.15) is 42.9 Å². The lowest BCUT2D eigenvalue weighted by atomic mass is 10.1. The minimum Gasteiger partial charge on any atom is -0.481 e. The maximum Gasteiger partial charge on any atom is 0.313 e. The molecule has 2 heterocycles. The van der Waals surface area contributed by atoms with Gasteiger partial charge in [0.15, 0.2) is 5.69 Å². The molecule has 5 nitrogen and oxygen atoms in total. The molecule has 1 N–H and O–H groups in total. The number of carbonyl (C=O) groups is 1. The second-order valence-corrected chi connectivity index (χ2v) is 4.05. The Bertz CT molecular complexity index is 470. The number of nitrogens with zero attached hydrogens (tertiary/aromatic N) is 3. The van der Waals surface area contributed by atoms with Crippen molar-refractivity contribution in [2.24, 2.45) is 0 Å².